The molecule has 2 aliphatic heterocycles. The molecule has 0 saturated carbocycles. The average molecular weight is 244 g/mol. The van der Waals surface area contributed by atoms with Crippen molar-refractivity contribution in [1.29, 1.82) is 0 Å². The average Bonchev–Trinajstić information content (AvgIpc) is 2.37. The van der Waals surface area contributed by atoms with Crippen molar-refractivity contribution < 1.29 is 0 Å². The largest absolute Gasteiger partial charge is 0.316 e. The zero-order chi connectivity index (χ0) is 12.4. The topological polar surface area (TPSA) is 15.3 Å². The van der Waals surface area contributed by atoms with Gasteiger partial charge >= 0.3 is 0 Å². The maximum Gasteiger partial charge on any atom is 0.00934 e. The summed E-state index contributed by atoms with van der Waals surface area (Å²) in [6.45, 7) is 4.88. The van der Waals surface area contributed by atoms with E-state index < -0.39 is 0 Å². The molecule has 98 valence electrons. The van der Waals surface area contributed by atoms with Crippen molar-refractivity contribution in [2.45, 2.75) is 25.2 Å². The molecule has 0 amide bonds. The Labute approximate surface area is 110 Å². The lowest BCUT2D eigenvalue weighted by atomic mass is 9.87. The number of nitrogens with one attached hydrogen (secondary N) is 1. The summed E-state index contributed by atoms with van der Waals surface area (Å²) in [4.78, 5) is 2.39. The molecule has 1 unspecified atom stereocenters. The van der Waals surface area contributed by atoms with Crippen molar-refractivity contribution in [2.75, 3.05) is 33.2 Å². The second kappa shape index (κ2) is 5.41. The fraction of sp³-hybridized carbons (Fsp3) is 0.625. The molecule has 0 spiro atoms. The van der Waals surface area contributed by atoms with E-state index in [1.165, 1.54) is 51.0 Å². The van der Waals surface area contributed by atoms with Gasteiger partial charge in [0.2, 0.25) is 0 Å². The number of benzene rings is 1. The van der Waals surface area contributed by atoms with Gasteiger partial charge in [0.25, 0.3) is 0 Å². The minimum absolute atomic E-state index is 0.777. The summed E-state index contributed by atoms with van der Waals surface area (Å²) in [6, 6.07) is 9.31. The highest BCUT2D eigenvalue weighted by Gasteiger charge is 2.24. The fourth-order valence-corrected chi connectivity index (χ4v) is 3.32. The molecule has 3 rings (SSSR count). The van der Waals surface area contributed by atoms with Crippen LogP contribution < -0.4 is 5.32 Å². The van der Waals surface area contributed by atoms with Gasteiger partial charge in [0, 0.05) is 19.0 Å². The second-order valence-electron chi connectivity index (χ2n) is 6.08. The smallest absolute Gasteiger partial charge is 0.00934 e. The van der Waals surface area contributed by atoms with Gasteiger partial charge in [-0.15, -0.1) is 0 Å². The number of piperidine rings is 1. The summed E-state index contributed by atoms with van der Waals surface area (Å²) in [7, 11) is 2.20. The van der Waals surface area contributed by atoms with E-state index in [0.717, 1.165) is 11.8 Å². The van der Waals surface area contributed by atoms with Crippen LogP contribution in [-0.4, -0.2) is 38.1 Å². The predicted octanol–water partition coefficient (Wildman–Crippen LogP) is 2.26. The molecule has 1 aromatic carbocycles. The third kappa shape index (κ3) is 2.76. The maximum atomic E-state index is 3.51. The number of likely N-dealkylation sites (N-methyl/N-ethyl adjacent to an activating group) is 1. The summed E-state index contributed by atoms with van der Waals surface area (Å²) >= 11 is 0. The Kier molecular flexibility index (Phi) is 3.67. The van der Waals surface area contributed by atoms with E-state index >= 15 is 0 Å². The Hall–Kier alpha value is -0.860. The molecule has 18 heavy (non-hydrogen) atoms. The molecule has 2 aliphatic rings. The molecule has 0 aliphatic carbocycles. The molecule has 1 aromatic rings. The van der Waals surface area contributed by atoms with Gasteiger partial charge in [-0.3, -0.25) is 0 Å². The highest BCUT2D eigenvalue weighted by atomic mass is 15.2. The predicted molar refractivity (Wildman–Crippen MR) is 76.0 cm³/mol. The summed E-state index contributed by atoms with van der Waals surface area (Å²) in [5.41, 5.74) is 3.09. The van der Waals surface area contributed by atoms with Crippen LogP contribution >= 0.6 is 0 Å². The monoisotopic (exact) mass is 244 g/mol. The lowest BCUT2D eigenvalue weighted by Crippen LogP contribution is -2.41. The Morgan fingerprint density at radius 1 is 1.33 bits per heavy atom. The van der Waals surface area contributed by atoms with Gasteiger partial charge in [-0.05, 0) is 56.4 Å². The number of hydrogen-bond acceptors (Lipinski definition) is 2. The molecule has 2 heterocycles. The number of likely N-dealkylation sites (tertiary alicyclic amines) is 1. The van der Waals surface area contributed by atoms with E-state index in [4.69, 9.17) is 0 Å². The molecular weight excluding hydrogens is 220 g/mol. The van der Waals surface area contributed by atoms with E-state index in [0.29, 0.717) is 0 Å². The van der Waals surface area contributed by atoms with Crippen molar-refractivity contribution in [3.8, 4) is 0 Å². The van der Waals surface area contributed by atoms with E-state index in [-0.39, 0.29) is 0 Å². The van der Waals surface area contributed by atoms with Crippen molar-refractivity contribution in [3.05, 3.63) is 35.4 Å². The molecule has 0 aromatic heterocycles. The first-order chi connectivity index (χ1) is 8.81. The molecule has 0 bridgehead atoms. The molecule has 2 heteroatoms. The summed E-state index contributed by atoms with van der Waals surface area (Å²) in [5.74, 6) is 1.62. The third-order valence-electron chi connectivity index (χ3n) is 4.41. The minimum Gasteiger partial charge on any atom is -0.316 e. The number of nitrogens with zero attached hydrogens (tertiary/aromatic N) is 1. The normalized spacial score (nSPS) is 25.9. The Morgan fingerprint density at radius 2 is 2.22 bits per heavy atom. The summed E-state index contributed by atoms with van der Waals surface area (Å²) < 4.78 is 0. The van der Waals surface area contributed by atoms with Crippen LogP contribution in [0.15, 0.2) is 24.3 Å². The van der Waals surface area contributed by atoms with Crippen LogP contribution in [0.2, 0.25) is 0 Å². The molecule has 1 N–H and O–H groups in total. The molecule has 2 nitrogen and oxygen atoms in total. The maximum absolute atomic E-state index is 3.51. The Bertz CT molecular complexity index is 390. The molecule has 0 radical (unpaired) electrons. The molecule has 2 fully saturated rings. The highest BCUT2D eigenvalue weighted by Crippen LogP contribution is 2.27. The first-order valence-corrected chi connectivity index (χ1v) is 7.29. The highest BCUT2D eigenvalue weighted by molar-refractivity contribution is 5.29. The second-order valence-corrected chi connectivity index (χ2v) is 6.08. The van der Waals surface area contributed by atoms with Crippen LogP contribution in [0.3, 0.4) is 0 Å². The Balaban J connectivity index is 1.63. The molecular formula is C16H24N2. The quantitative estimate of drug-likeness (QED) is 0.877. The van der Waals surface area contributed by atoms with Gasteiger partial charge in [0.05, 0.1) is 0 Å². The number of rotatable bonds is 3. The van der Waals surface area contributed by atoms with Crippen LogP contribution in [0, 0.1) is 5.92 Å². The van der Waals surface area contributed by atoms with E-state index in [1.54, 1.807) is 5.56 Å². The van der Waals surface area contributed by atoms with Crippen LogP contribution in [0.5, 0.6) is 0 Å². The summed E-state index contributed by atoms with van der Waals surface area (Å²) in [5, 5.41) is 3.51. The zero-order valence-electron chi connectivity index (χ0n) is 11.4. The lowest BCUT2D eigenvalue weighted by Gasteiger charge is -2.36. The first-order valence-electron chi connectivity index (χ1n) is 7.29. The molecule has 2 saturated heterocycles. The van der Waals surface area contributed by atoms with Crippen molar-refractivity contribution in [3.63, 3.8) is 0 Å². The SMILES string of the molecule is CN1CC(c2cccc(CC3CCCNC3)c2)C1. The van der Waals surface area contributed by atoms with Gasteiger partial charge < -0.3 is 10.2 Å². The summed E-state index contributed by atoms with van der Waals surface area (Å²) in [6.07, 6.45) is 3.99. The Morgan fingerprint density at radius 3 is 2.94 bits per heavy atom. The zero-order valence-corrected chi connectivity index (χ0v) is 11.4. The van der Waals surface area contributed by atoms with Gasteiger partial charge in [-0.25, -0.2) is 0 Å². The van der Waals surface area contributed by atoms with Gasteiger partial charge in [0.15, 0.2) is 0 Å². The molecule has 1 atom stereocenters. The van der Waals surface area contributed by atoms with Crippen LogP contribution in [0.25, 0.3) is 0 Å². The van der Waals surface area contributed by atoms with Crippen molar-refractivity contribution in [1.82, 2.24) is 10.2 Å². The minimum atomic E-state index is 0.777. The van der Waals surface area contributed by atoms with Crippen molar-refractivity contribution in [2.24, 2.45) is 5.92 Å². The fourth-order valence-electron chi connectivity index (χ4n) is 3.32. The van der Waals surface area contributed by atoms with E-state index in [9.17, 15) is 0 Å². The lowest BCUT2D eigenvalue weighted by molar-refractivity contribution is 0.189. The van der Waals surface area contributed by atoms with Crippen molar-refractivity contribution >= 4 is 0 Å². The van der Waals surface area contributed by atoms with Gasteiger partial charge in [0.1, 0.15) is 0 Å². The van der Waals surface area contributed by atoms with Crippen LogP contribution in [0.4, 0.5) is 0 Å². The van der Waals surface area contributed by atoms with E-state index in [1.807, 2.05) is 0 Å². The first kappa shape index (κ1) is 12.2. The van der Waals surface area contributed by atoms with Gasteiger partial charge in [-0.2, -0.15) is 0 Å². The number of hydrogen-bond donors (Lipinski definition) is 1. The van der Waals surface area contributed by atoms with E-state index in [2.05, 4.69) is 41.5 Å². The van der Waals surface area contributed by atoms with Crippen LogP contribution in [-0.2, 0) is 6.42 Å². The van der Waals surface area contributed by atoms with Gasteiger partial charge in [-0.1, -0.05) is 24.3 Å². The van der Waals surface area contributed by atoms with Crippen LogP contribution in [0.1, 0.15) is 29.9 Å². The third-order valence-corrected chi connectivity index (χ3v) is 4.41. The standard InChI is InChI=1S/C16H24N2/c1-18-11-16(12-18)15-6-2-4-13(9-15)8-14-5-3-7-17-10-14/h2,4,6,9,14,16-17H,3,5,7-8,10-12H2,1H3.